The predicted octanol–water partition coefficient (Wildman–Crippen LogP) is 4.86. The number of hydrogen-bond donors (Lipinski definition) is 1. The van der Waals surface area contributed by atoms with Crippen molar-refractivity contribution in [2.75, 3.05) is 19.6 Å². The van der Waals surface area contributed by atoms with Crippen LogP contribution in [-0.4, -0.2) is 57.7 Å². The Balaban J connectivity index is 0.000000210. The van der Waals surface area contributed by atoms with Crippen LogP contribution in [0.4, 0.5) is 0 Å². The van der Waals surface area contributed by atoms with Gasteiger partial charge in [0.05, 0.1) is 0 Å². The summed E-state index contributed by atoms with van der Waals surface area (Å²) in [6.45, 7) is 8.61. The fraction of sp³-hybridized carbons (Fsp3) is 0.464. The molecule has 2 amide bonds. The van der Waals surface area contributed by atoms with Gasteiger partial charge in [-0.3, -0.25) is 19.5 Å². The minimum Gasteiger partial charge on any atom is -0.508 e. The highest BCUT2D eigenvalue weighted by Gasteiger charge is 2.56. The van der Waals surface area contributed by atoms with Crippen molar-refractivity contribution in [3.8, 4) is 16.9 Å². The van der Waals surface area contributed by atoms with E-state index < -0.39 is 5.54 Å². The van der Waals surface area contributed by atoms with Crippen molar-refractivity contribution in [3.05, 3.63) is 54.1 Å². The Morgan fingerprint density at radius 2 is 1.74 bits per heavy atom. The molecule has 1 N–H and O–H groups in total. The summed E-state index contributed by atoms with van der Waals surface area (Å²) in [5.74, 6) is 1.96. The van der Waals surface area contributed by atoms with Crippen LogP contribution < -0.4 is 0 Å². The average Bonchev–Trinajstić information content (AvgIpc) is 3.77. The van der Waals surface area contributed by atoms with Gasteiger partial charge in [0.15, 0.2) is 0 Å². The molecule has 1 heterocycles. The molecule has 0 saturated heterocycles. The van der Waals surface area contributed by atoms with Gasteiger partial charge in [0.2, 0.25) is 5.91 Å². The van der Waals surface area contributed by atoms with E-state index >= 15 is 0 Å². The normalized spacial score (nSPS) is 17.8. The van der Waals surface area contributed by atoms with Crippen LogP contribution in [-0.2, 0) is 9.59 Å². The first-order chi connectivity index (χ1) is 16.4. The highest BCUT2D eigenvalue weighted by Crippen LogP contribution is 2.45. The third-order valence-corrected chi connectivity index (χ3v) is 6.69. The molecule has 1 spiro atoms. The van der Waals surface area contributed by atoms with Crippen LogP contribution in [0.15, 0.2) is 53.5 Å². The fourth-order valence-corrected chi connectivity index (χ4v) is 4.40. The van der Waals surface area contributed by atoms with Gasteiger partial charge in [0.25, 0.3) is 5.91 Å². The van der Waals surface area contributed by atoms with Crippen LogP contribution in [0, 0.1) is 5.92 Å². The van der Waals surface area contributed by atoms with Crippen LogP contribution in [0.2, 0.25) is 0 Å². The number of aromatic hydroxyl groups is 1. The number of hydrogen-bond acceptors (Lipinski definition) is 4. The van der Waals surface area contributed by atoms with Gasteiger partial charge in [-0.25, -0.2) is 0 Å². The summed E-state index contributed by atoms with van der Waals surface area (Å²) in [4.78, 5) is 32.3. The predicted molar refractivity (Wildman–Crippen MR) is 135 cm³/mol. The lowest BCUT2D eigenvalue weighted by Crippen LogP contribution is -2.36. The molecule has 34 heavy (non-hydrogen) atoms. The summed E-state index contributed by atoms with van der Waals surface area (Å²) >= 11 is 0. The van der Waals surface area contributed by atoms with Crippen molar-refractivity contribution in [1.29, 1.82) is 0 Å². The van der Waals surface area contributed by atoms with Crippen LogP contribution in [0.3, 0.4) is 0 Å². The van der Waals surface area contributed by atoms with Crippen molar-refractivity contribution in [2.45, 2.75) is 58.4 Å². The van der Waals surface area contributed by atoms with Crippen LogP contribution >= 0.6 is 0 Å². The number of phenols is 1. The first kappa shape index (κ1) is 24.0. The Kier molecular flexibility index (Phi) is 7.05. The maximum Gasteiger partial charge on any atom is 0.256 e. The lowest BCUT2D eigenvalue weighted by atomic mass is 10.0. The van der Waals surface area contributed by atoms with Gasteiger partial charge >= 0.3 is 0 Å². The molecule has 5 rings (SSSR count). The highest BCUT2D eigenvalue weighted by atomic mass is 16.3. The van der Waals surface area contributed by atoms with E-state index in [9.17, 15) is 14.7 Å². The zero-order valence-electron chi connectivity index (χ0n) is 20.5. The second-order valence-corrected chi connectivity index (χ2v) is 9.34. The third kappa shape index (κ3) is 5.01. The summed E-state index contributed by atoms with van der Waals surface area (Å²) in [5, 5.41) is 9.60. The molecule has 0 radical (unpaired) electrons. The van der Waals surface area contributed by atoms with E-state index in [1.807, 2.05) is 48.2 Å². The first-order valence-corrected chi connectivity index (χ1v) is 12.5. The van der Waals surface area contributed by atoms with Crippen molar-refractivity contribution in [2.24, 2.45) is 10.9 Å². The van der Waals surface area contributed by atoms with Crippen molar-refractivity contribution >= 4 is 17.6 Å². The molecule has 2 aromatic rings. The molecule has 2 aliphatic carbocycles. The van der Waals surface area contributed by atoms with Gasteiger partial charge in [-0.2, -0.15) is 0 Å². The number of amidine groups is 1. The lowest BCUT2D eigenvalue weighted by molar-refractivity contribution is -0.132. The third-order valence-electron chi connectivity index (χ3n) is 6.69. The van der Waals surface area contributed by atoms with E-state index in [2.05, 4.69) is 13.8 Å². The number of aliphatic imine (C=N–C) groups is 1. The lowest BCUT2D eigenvalue weighted by Gasteiger charge is -2.19. The molecular weight excluding hydrogens is 426 g/mol. The summed E-state index contributed by atoms with van der Waals surface area (Å²) in [5.41, 5.74) is 2.51. The van der Waals surface area contributed by atoms with Crippen LogP contribution in [0.5, 0.6) is 5.75 Å². The van der Waals surface area contributed by atoms with E-state index in [-0.39, 0.29) is 11.7 Å². The Bertz CT molecular complexity index is 1070. The zero-order chi connectivity index (χ0) is 24.3. The first-order valence-electron chi connectivity index (χ1n) is 12.5. The molecule has 2 fully saturated rings. The molecular formula is C28H35N3O3. The molecule has 0 aromatic heterocycles. The molecule has 180 valence electrons. The van der Waals surface area contributed by atoms with E-state index in [1.54, 1.807) is 17.0 Å². The number of carbonyl (C=O) groups is 2. The maximum absolute atomic E-state index is 12.4. The fourth-order valence-electron chi connectivity index (χ4n) is 4.40. The molecule has 3 aliphatic rings. The van der Waals surface area contributed by atoms with E-state index in [1.165, 1.54) is 0 Å². The van der Waals surface area contributed by atoms with Crippen molar-refractivity contribution in [3.63, 3.8) is 0 Å². The Morgan fingerprint density at radius 1 is 1.06 bits per heavy atom. The quantitative estimate of drug-likeness (QED) is 0.640. The Morgan fingerprint density at radius 3 is 2.26 bits per heavy atom. The summed E-state index contributed by atoms with van der Waals surface area (Å²) in [6.07, 6.45) is 5.06. The second-order valence-electron chi connectivity index (χ2n) is 9.34. The van der Waals surface area contributed by atoms with Crippen molar-refractivity contribution in [1.82, 2.24) is 9.80 Å². The van der Waals surface area contributed by atoms with Crippen molar-refractivity contribution < 1.29 is 14.7 Å². The summed E-state index contributed by atoms with van der Waals surface area (Å²) < 4.78 is 0. The number of amides is 2. The van der Waals surface area contributed by atoms with E-state index in [0.717, 1.165) is 67.7 Å². The largest absolute Gasteiger partial charge is 0.508 e. The molecule has 0 unspecified atom stereocenters. The zero-order valence-corrected chi connectivity index (χ0v) is 20.5. The molecule has 6 nitrogen and oxygen atoms in total. The molecule has 0 bridgehead atoms. The second kappa shape index (κ2) is 10.00. The number of benzene rings is 2. The number of phenolic OH excluding ortho intramolecular Hbond substituents is 1. The highest BCUT2D eigenvalue weighted by molar-refractivity contribution is 6.16. The minimum absolute atomic E-state index is 0.145. The van der Waals surface area contributed by atoms with Gasteiger partial charge in [-0.15, -0.1) is 0 Å². The van der Waals surface area contributed by atoms with Crippen LogP contribution in [0.25, 0.3) is 11.1 Å². The van der Waals surface area contributed by atoms with Gasteiger partial charge in [-0.1, -0.05) is 43.3 Å². The van der Waals surface area contributed by atoms with Crippen LogP contribution in [0.1, 0.15) is 58.4 Å². The molecule has 2 aromatic carbocycles. The number of carbonyl (C=O) groups excluding carboxylic acids is 2. The van der Waals surface area contributed by atoms with Gasteiger partial charge in [-0.05, 0) is 69.2 Å². The monoisotopic (exact) mass is 461 g/mol. The van der Waals surface area contributed by atoms with Gasteiger partial charge in [0, 0.05) is 31.1 Å². The molecule has 1 aliphatic heterocycles. The van der Waals surface area contributed by atoms with Gasteiger partial charge in [0.1, 0.15) is 17.1 Å². The Labute approximate surface area is 202 Å². The van der Waals surface area contributed by atoms with E-state index in [0.29, 0.717) is 18.4 Å². The average molecular weight is 462 g/mol. The SMILES string of the molecule is CCCN(CC)C(=O)C1CC1.CCN1C(=O)C2(CC2)N=C1c1ccc(-c2cccc(O)c2)cc1. The minimum atomic E-state index is -0.449. The molecule has 2 saturated carbocycles. The summed E-state index contributed by atoms with van der Waals surface area (Å²) in [7, 11) is 0. The molecule has 0 atom stereocenters. The molecule has 6 heteroatoms. The van der Waals surface area contributed by atoms with Gasteiger partial charge < -0.3 is 10.0 Å². The topological polar surface area (TPSA) is 73.2 Å². The maximum atomic E-state index is 12.4. The number of rotatable bonds is 7. The smallest absolute Gasteiger partial charge is 0.256 e. The Hall–Kier alpha value is -3.15. The number of likely N-dealkylation sites (N-methyl/N-ethyl adjacent to an activating group) is 1. The standard InChI is InChI=1S/C19H18N2O2.C9H17NO/c1-2-21-17(20-19(10-11-19)18(21)23)14-8-6-13(7-9-14)15-4-3-5-16(22)12-15;1-3-7-10(4-2)9(11)8-5-6-8/h3-9,12,22H,2,10-11H2,1H3;8H,3-7H2,1-2H3. The number of nitrogens with zero attached hydrogens (tertiary/aromatic N) is 3. The van der Waals surface area contributed by atoms with E-state index in [4.69, 9.17) is 4.99 Å². The summed E-state index contributed by atoms with van der Waals surface area (Å²) in [6, 6.07) is 15.2.